The van der Waals surface area contributed by atoms with Gasteiger partial charge in [-0.25, -0.2) is 9.50 Å². The van der Waals surface area contributed by atoms with E-state index >= 15 is 0 Å². The summed E-state index contributed by atoms with van der Waals surface area (Å²) in [6.07, 6.45) is 2.48. The second-order valence-corrected chi connectivity index (χ2v) is 9.85. The van der Waals surface area contributed by atoms with Gasteiger partial charge in [-0.15, -0.1) is 0 Å². The maximum absolute atomic E-state index is 13.6. The number of hydrogen-bond acceptors (Lipinski definition) is 4. The first-order valence-electron chi connectivity index (χ1n) is 12.3. The van der Waals surface area contributed by atoms with Crippen LogP contribution in [0.4, 0.5) is 5.69 Å². The minimum atomic E-state index is 0.00771. The molecular formula is C29H33N5O. The molecule has 0 unspecified atom stereocenters. The van der Waals surface area contributed by atoms with Gasteiger partial charge in [0.25, 0.3) is 5.91 Å². The number of carbonyl (C=O) groups excluding carboxylic acids is 1. The van der Waals surface area contributed by atoms with Gasteiger partial charge in [-0.2, -0.15) is 5.10 Å². The van der Waals surface area contributed by atoms with Crippen LogP contribution in [-0.4, -0.2) is 51.1 Å². The van der Waals surface area contributed by atoms with Gasteiger partial charge in [-0.05, 0) is 63.4 Å². The van der Waals surface area contributed by atoms with E-state index in [4.69, 9.17) is 4.98 Å². The average molecular weight is 468 g/mol. The highest BCUT2D eigenvalue weighted by Gasteiger charge is 2.30. The van der Waals surface area contributed by atoms with Crippen LogP contribution in [0.15, 0.2) is 54.7 Å². The van der Waals surface area contributed by atoms with Crippen molar-refractivity contribution in [2.24, 2.45) is 0 Å². The molecular weight excluding hydrogens is 434 g/mol. The van der Waals surface area contributed by atoms with E-state index in [1.165, 1.54) is 22.4 Å². The van der Waals surface area contributed by atoms with E-state index in [-0.39, 0.29) is 11.9 Å². The fourth-order valence-electron chi connectivity index (χ4n) is 5.13. The van der Waals surface area contributed by atoms with Gasteiger partial charge in [0.1, 0.15) is 5.56 Å². The molecule has 1 atom stereocenters. The summed E-state index contributed by atoms with van der Waals surface area (Å²) >= 11 is 0. The van der Waals surface area contributed by atoms with Crippen LogP contribution < -0.4 is 4.90 Å². The van der Waals surface area contributed by atoms with Gasteiger partial charge in [0.2, 0.25) is 0 Å². The minimum absolute atomic E-state index is 0.00771. The Kier molecular flexibility index (Phi) is 6.05. The number of benzene rings is 2. The van der Waals surface area contributed by atoms with Gasteiger partial charge >= 0.3 is 0 Å². The summed E-state index contributed by atoms with van der Waals surface area (Å²) in [5.74, 6) is 0.00771. The molecule has 1 aliphatic rings. The topological polar surface area (TPSA) is 53.7 Å². The summed E-state index contributed by atoms with van der Waals surface area (Å²) in [6, 6.07) is 17.4. The van der Waals surface area contributed by atoms with Gasteiger partial charge in [0.15, 0.2) is 5.65 Å². The highest BCUT2D eigenvalue weighted by atomic mass is 16.2. The number of amides is 1. The summed E-state index contributed by atoms with van der Waals surface area (Å²) in [6.45, 7) is 12.6. The van der Waals surface area contributed by atoms with Crippen LogP contribution in [0.2, 0.25) is 0 Å². The summed E-state index contributed by atoms with van der Waals surface area (Å²) in [4.78, 5) is 22.8. The van der Waals surface area contributed by atoms with Crippen molar-refractivity contribution in [2.45, 2.75) is 47.1 Å². The fourth-order valence-corrected chi connectivity index (χ4v) is 5.13. The second-order valence-electron chi connectivity index (χ2n) is 9.85. The van der Waals surface area contributed by atoms with Gasteiger partial charge < -0.3 is 9.80 Å². The van der Waals surface area contributed by atoms with Crippen LogP contribution in [-0.2, 0) is 6.42 Å². The molecule has 1 fully saturated rings. The number of piperazine rings is 1. The number of hydrogen-bond donors (Lipinski definition) is 0. The summed E-state index contributed by atoms with van der Waals surface area (Å²) in [5.41, 5.74) is 9.32. The molecule has 1 aliphatic heterocycles. The highest BCUT2D eigenvalue weighted by Crippen LogP contribution is 2.25. The van der Waals surface area contributed by atoms with Crippen LogP contribution >= 0.6 is 0 Å². The van der Waals surface area contributed by atoms with Crippen LogP contribution in [0.1, 0.15) is 50.9 Å². The number of carbonyl (C=O) groups is 1. The number of anilines is 1. The fraction of sp³-hybridized carbons (Fsp3) is 0.345. The van der Waals surface area contributed by atoms with E-state index in [1.54, 1.807) is 6.20 Å². The van der Waals surface area contributed by atoms with Gasteiger partial charge in [-0.3, -0.25) is 4.79 Å². The van der Waals surface area contributed by atoms with E-state index in [0.717, 1.165) is 29.9 Å². The smallest absolute Gasteiger partial charge is 0.259 e. The Morgan fingerprint density at radius 3 is 2.49 bits per heavy atom. The Balaban J connectivity index is 1.38. The predicted octanol–water partition coefficient (Wildman–Crippen LogP) is 4.90. The molecule has 1 amide bonds. The second kappa shape index (κ2) is 9.17. The van der Waals surface area contributed by atoms with E-state index in [9.17, 15) is 4.79 Å². The Morgan fingerprint density at radius 2 is 1.77 bits per heavy atom. The van der Waals surface area contributed by atoms with Crippen LogP contribution in [0, 0.1) is 27.7 Å². The van der Waals surface area contributed by atoms with Crippen molar-refractivity contribution < 1.29 is 4.79 Å². The van der Waals surface area contributed by atoms with Crippen molar-refractivity contribution in [1.82, 2.24) is 19.5 Å². The maximum Gasteiger partial charge on any atom is 0.259 e. The van der Waals surface area contributed by atoms with Crippen LogP contribution in [0.5, 0.6) is 0 Å². The Hall–Kier alpha value is -3.67. The van der Waals surface area contributed by atoms with Crippen LogP contribution in [0.3, 0.4) is 0 Å². The molecule has 1 saturated heterocycles. The van der Waals surface area contributed by atoms with Gasteiger partial charge in [-0.1, -0.05) is 42.0 Å². The lowest BCUT2D eigenvalue weighted by molar-refractivity contribution is 0.0728. The monoisotopic (exact) mass is 467 g/mol. The summed E-state index contributed by atoms with van der Waals surface area (Å²) < 4.78 is 1.83. The molecule has 0 N–H and O–H groups in total. The normalized spacial score (nSPS) is 16.2. The van der Waals surface area contributed by atoms with Crippen molar-refractivity contribution >= 4 is 17.2 Å². The molecule has 3 heterocycles. The Morgan fingerprint density at radius 1 is 1.00 bits per heavy atom. The first-order valence-corrected chi connectivity index (χ1v) is 12.3. The predicted molar refractivity (Wildman–Crippen MR) is 140 cm³/mol. The molecule has 35 heavy (non-hydrogen) atoms. The number of rotatable bonds is 4. The maximum atomic E-state index is 13.6. The lowest BCUT2D eigenvalue weighted by atomic mass is 10.0. The molecule has 6 nitrogen and oxygen atoms in total. The molecule has 6 heteroatoms. The first kappa shape index (κ1) is 23.1. The molecule has 2 aromatic carbocycles. The van der Waals surface area contributed by atoms with E-state index in [0.29, 0.717) is 24.3 Å². The van der Waals surface area contributed by atoms with E-state index < -0.39 is 0 Å². The SMILES string of the molecule is Cc1ccc(Cc2c(C)nc3c(C(=O)N4CCN(c5cccc(C)c5)[C@@H](C)C4)cnn3c2C)cc1. The lowest BCUT2D eigenvalue weighted by Crippen LogP contribution is -2.53. The average Bonchev–Trinajstić information content (AvgIpc) is 3.26. The third kappa shape index (κ3) is 4.41. The zero-order valence-corrected chi connectivity index (χ0v) is 21.2. The van der Waals surface area contributed by atoms with Gasteiger partial charge in [0.05, 0.1) is 6.20 Å². The molecule has 2 aromatic heterocycles. The first-order chi connectivity index (χ1) is 16.8. The highest BCUT2D eigenvalue weighted by molar-refractivity contribution is 6.00. The van der Waals surface area contributed by atoms with Crippen molar-refractivity contribution in [2.75, 3.05) is 24.5 Å². The quantitative estimate of drug-likeness (QED) is 0.428. The molecule has 180 valence electrons. The standard InChI is InChI=1S/C29H33N5O/c1-19-9-11-24(12-10-19)16-26-22(4)31-28-27(17-30-34(28)23(26)5)29(35)32-13-14-33(21(3)18-32)25-8-6-7-20(2)15-25/h6-12,15,17,21H,13-14,16,18H2,1-5H3/t21-/m0/s1. The number of aryl methyl sites for hydroxylation is 4. The van der Waals surface area contributed by atoms with E-state index in [2.05, 4.69) is 86.2 Å². The van der Waals surface area contributed by atoms with Gasteiger partial charge in [0, 0.05) is 49.2 Å². The molecule has 4 aromatic rings. The minimum Gasteiger partial charge on any atom is -0.365 e. The lowest BCUT2D eigenvalue weighted by Gasteiger charge is -2.41. The number of nitrogens with zero attached hydrogens (tertiary/aromatic N) is 5. The zero-order chi connectivity index (χ0) is 24.7. The largest absolute Gasteiger partial charge is 0.365 e. The third-order valence-electron chi connectivity index (χ3n) is 7.19. The van der Waals surface area contributed by atoms with Crippen molar-refractivity contribution in [3.05, 3.63) is 93.9 Å². The molecule has 0 aliphatic carbocycles. The Labute approximate surface area is 207 Å². The molecule has 0 saturated carbocycles. The van der Waals surface area contributed by atoms with Crippen molar-refractivity contribution in [1.29, 1.82) is 0 Å². The van der Waals surface area contributed by atoms with Crippen molar-refractivity contribution in [3.63, 3.8) is 0 Å². The van der Waals surface area contributed by atoms with E-state index in [1.807, 2.05) is 16.3 Å². The van der Waals surface area contributed by atoms with Crippen molar-refractivity contribution in [3.8, 4) is 0 Å². The summed E-state index contributed by atoms with van der Waals surface area (Å²) in [5, 5.41) is 4.58. The summed E-state index contributed by atoms with van der Waals surface area (Å²) in [7, 11) is 0. The zero-order valence-electron chi connectivity index (χ0n) is 21.2. The molecule has 0 bridgehead atoms. The molecule has 0 radical (unpaired) electrons. The van der Waals surface area contributed by atoms with Crippen LogP contribution in [0.25, 0.3) is 5.65 Å². The molecule has 0 spiro atoms. The Bertz CT molecular complexity index is 1390. The number of fused-ring (bicyclic) bond motifs is 1. The molecule has 5 rings (SSSR count). The number of aromatic nitrogens is 3. The third-order valence-corrected chi connectivity index (χ3v) is 7.19.